The fraction of sp³-hybridized carbons (Fsp3) is 0.462. The average molecular weight is 299 g/mol. The van der Waals surface area contributed by atoms with E-state index in [4.69, 9.17) is 9.84 Å². The molecule has 2 N–H and O–H groups in total. The Hall–Kier alpha value is -1.89. The molecule has 0 bridgehead atoms. The maximum absolute atomic E-state index is 11.8. The molecule has 1 atom stereocenters. The topological polar surface area (TPSA) is 92.7 Å². The summed E-state index contributed by atoms with van der Waals surface area (Å²) in [5, 5.41) is 13.4. The number of anilines is 1. The lowest BCUT2D eigenvalue weighted by Crippen LogP contribution is -2.18. The Morgan fingerprint density at radius 2 is 2.10 bits per heavy atom. The van der Waals surface area contributed by atoms with E-state index in [9.17, 15) is 14.4 Å². The lowest BCUT2D eigenvalue weighted by atomic mass is 10.0. The average Bonchev–Trinajstić information content (AvgIpc) is 2.75. The first-order valence-electron chi connectivity index (χ1n) is 6.20. The van der Waals surface area contributed by atoms with Crippen LogP contribution in [0.2, 0.25) is 0 Å². The summed E-state index contributed by atoms with van der Waals surface area (Å²) in [7, 11) is 0. The van der Waals surface area contributed by atoms with E-state index in [1.54, 1.807) is 25.3 Å². The third kappa shape index (κ3) is 5.00. The third-order valence-corrected chi connectivity index (χ3v) is 3.30. The Kier molecular flexibility index (Phi) is 6.17. The number of hydrogen-bond donors (Lipinski definition) is 2. The van der Waals surface area contributed by atoms with Crippen LogP contribution in [-0.4, -0.2) is 29.6 Å². The van der Waals surface area contributed by atoms with Crippen molar-refractivity contribution in [1.29, 1.82) is 0 Å². The van der Waals surface area contributed by atoms with Crippen molar-refractivity contribution < 1.29 is 24.2 Å². The van der Waals surface area contributed by atoms with Gasteiger partial charge in [0.15, 0.2) is 0 Å². The van der Waals surface area contributed by atoms with Crippen LogP contribution in [0.25, 0.3) is 0 Å². The lowest BCUT2D eigenvalue weighted by molar-refractivity contribution is -0.138. The number of esters is 1. The summed E-state index contributed by atoms with van der Waals surface area (Å²) in [5.74, 6) is -2.00. The quantitative estimate of drug-likeness (QED) is 0.754. The molecule has 1 aromatic heterocycles. The molecule has 0 aliphatic carbocycles. The van der Waals surface area contributed by atoms with Crippen LogP contribution in [0.4, 0.5) is 5.00 Å². The first-order chi connectivity index (χ1) is 9.43. The van der Waals surface area contributed by atoms with Crippen molar-refractivity contribution in [2.45, 2.75) is 26.7 Å². The first kappa shape index (κ1) is 16.2. The second-order valence-electron chi connectivity index (χ2n) is 4.34. The molecular formula is C13H17NO5S. The van der Waals surface area contributed by atoms with Gasteiger partial charge in [0.05, 0.1) is 12.2 Å². The van der Waals surface area contributed by atoms with E-state index in [1.807, 2.05) is 0 Å². The van der Waals surface area contributed by atoms with Gasteiger partial charge in [-0.1, -0.05) is 6.92 Å². The van der Waals surface area contributed by atoms with Gasteiger partial charge in [0.1, 0.15) is 5.00 Å². The SMILES string of the molecule is CCOC(=O)c1ccsc1NC(=O)CC(C)CC(=O)O. The molecule has 1 rings (SSSR count). The van der Waals surface area contributed by atoms with Crippen molar-refractivity contribution >= 4 is 34.2 Å². The molecule has 0 aliphatic heterocycles. The number of aliphatic carboxylic acids is 1. The normalized spacial score (nSPS) is 11.7. The molecule has 0 saturated carbocycles. The molecule has 1 amide bonds. The Balaban J connectivity index is 2.60. The zero-order chi connectivity index (χ0) is 15.1. The number of rotatable bonds is 7. The molecule has 0 radical (unpaired) electrons. The zero-order valence-corrected chi connectivity index (χ0v) is 12.2. The predicted molar refractivity (Wildman–Crippen MR) is 74.9 cm³/mol. The molecule has 0 saturated heterocycles. The van der Waals surface area contributed by atoms with Crippen LogP contribution in [0.15, 0.2) is 11.4 Å². The fourth-order valence-corrected chi connectivity index (χ4v) is 2.43. The van der Waals surface area contributed by atoms with Crippen molar-refractivity contribution in [2.24, 2.45) is 5.92 Å². The van der Waals surface area contributed by atoms with Crippen LogP contribution in [0.5, 0.6) is 0 Å². The molecule has 110 valence electrons. The van der Waals surface area contributed by atoms with Gasteiger partial charge in [0.2, 0.25) is 5.91 Å². The van der Waals surface area contributed by atoms with Crippen molar-refractivity contribution in [1.82, 2.24) is 0 Å². The maximum atomic E-state index is 11.8. The smallest absolute Gasteiger partial charge is 0.341 e. The zero-order valence-electron chi connectivity index (χ0n) is 11.3. The minimum absolute atomic E-state index is 0.0669. The minimum Gasteiger partial charge on any atom is -0.481 e. The van der Waals surface area contributed by atoms with Crippen molar-refractivity contribution in [3.05, 3.63) is 17.0 Å². The van der Waals surface area contributed by atoms with E-state index in [2.05, 4.69) is 5.32 Å². The predicted octanol–water partition coefficient (Wildman–Crippen LogP) is 2.36. The number of carbonyl (C=O) groups is 3. The van der Waals surface area contributed by atoms with Gasteiger partial charge in [0.25, 0.3) is 0 Å². The molecule has 1 aromatic rings. The van der Waals surface area contributed by atoms with Crippen LogP contribution in [0.1, 0.15) is 37.0 Å². The molecule has 0 fully saturated rings. The number of thiophene rings is 1. The number of carboxylic acids is 1. The second-order valence-corrected chi connectivity index (χ2v) is 5.26. The molecule has 0 aromatic carbocycles. The lowest BCUT2D eigenvalue weighted by Gasteiger charge is -2.09. The number of amides is 1. The van der Waals surface area contributed by atoms with Crippen molar-refractivity contribution in [3.8, 4) is 0 Å². The standard InChI is InChI=1S/C13H17NO5S/c1-3-19-13(18)9-4-5-20-12(9)14-10(15)6-8(2)7-11(16)17/h4-5,8H,3,6-7H2,1-2H3,(H,14,15)(H,16,17). The van der Waals surface area contributed by atoms with Crippen LogP contribution < -0.4 is 5.32 Å². The van der Waals surface area contributed by atoms with E-state index in [0.29, 0.717) is 10.6 Å². The van der Waals surface area contributed by atoms with Gasteiger partial charge in [-0.2, -0.15) is 0 Å². The molecule has 6 nitrogen and oxygen atoms in total. The third-order valence-electron chi connectivity index (χ3n) is 2.47. The van der Waals surface area contributed by atoms with Crippen LogP contribution in [0.3, 0.4) is 0 Å². The number of hydrogen-bond acceptors (Lipinski definition) is 5. The summed E-state index contributed by atoms with van der Waals surface area (Å²) in [5.41, 5.74) is 0.316. The van der Waals surface area contributed by atoms with Gasteiger partial charge in [-0.25, -0.2) is 4.79 Å². The Morgan fingerprint density at radius 1 is 1.40 bits per heavy atom. The van der Waals surface area contributed by atoms with Crippen LogP contribution >= 0.6 is 11.3 Å². The summed E-state index contributed by atoms with van der Waals surface area (Å²) in [4.78, 5) is 33.9. The second kappa shape index (κ2) is 7.64. The van der Waals surface area contributed by atoms with Crippen LogP contribution in [0, 0.1) is 5.92 Å². The van der Waals surface area contributed by atoms with E-state index >= 15 is 0 Å². The fourth-order valence-electron chi connectivity index (χ4n) is 1.64. The molecular weight excluding hydrogens is 282 g/mol. The number of carbonyl (C=O) groups excluding carboxylic acids is 2. The summed E-state index contributed by atoms with van der Waals surface area (Å²) in [6.45, 7) is 3.65. The molecule has 0 aliphatic rings. The molecule has 1 unspecified atom stereocenters. The molecule has 20 heavy (non-hydrogen) atoms. The Bertz CT molecular complexity index is 497. The number of nitrogens with one attached hydrogen (secondary N) is 1. The van der Waals surface area contributed by atoms with Gasteiger partial charge in [-0.15, -0.1) is 11.3 Å². The monoisotopic (exact) mass is 299 g/mol. The van der Waals surface area contributed by atoms with E-state index in [1.165, 1.54) is 11.3 Å². The van der Waals surface area contributed by atoms with E-state index in [-0.39, 0.29) is 31.3 Å². The Labute approximate surface area is 120 Å². The van der Waals surface area contributed by atoms with E-state index < -0.39 is 11.9 Å². The Morgan fingerprint density at radius 3 is 2.70 bits per heavy atom. The summed E-state index contributed by atoms with van der Waals surface area (Å²) in [6.07, 6.45) is 0.0229. The van der Waals surface area contributed by atoms with Crippen molar-refractivity contribution in [3.63, 3.8) is 0 Å². The number of carboxylic acid groups (broad SMARTS) is 1. The van der Waals surface area contributed by atoms with Gasteiger partial charge in [-0.3, -0.25) is 9.59 Å². The largest absolute Gasteiger partial charge is 0.481 e. The molecule has 1 heterocycles. The van der Waals surface area contributed by atoms with Crippen molar-refractivity contribution in [2.75, 3.05) is 11.9 Å². The van der Waals surface area contributed by atoms with Gasteiger partial charge < -0.3 is 15.2 Å². The minimum atomic E-state index is -0.936. The highest BCUT2D eigenvalue weighted by atomic mass is 32.1. The highest BCUT2D eigenvalue weighted by molar-refractivity contribution is 7.14. The molecule has 7 heteroatoms. The van der Waals surface area contributed by atoms with Gasteiger partial charge >= 0.3 is 11.9 Å². The highest BCUT2D eigenvalue weighted by Gasteiger charge is 2.18. The summed E-state index contributed by atoms with van der Waals surface area (Å²) in [6, 6.07) is 1.58. The summed E-state index contributed by atoms with van der Waals surface area (Å²) >= 11 is 1.22. The van der Waals surface area contributed by atoms with E-state index in [0.717, 1.165) is 0 Å². The maximum Gasteiger partial charge on any atom is 0.341 e. The summed E-state index contributed by atoms with van der Waals surface area (Å²) < 4.78 is 4.88. The highest BCUT2D eigenvalue weighted by Crippen LogP contribution is 2.24. The van der Waals surface area contributed by atoms with Gasteiger partial charge in [0, 0.05) is 12.8 Å². The number of ether oxygens (including phenoxy) is 1. The van der Waals surface area contributed by atoms with Gasteiger partial charge in [-0.05, 0) is 24.3 Å². The first-order valence-corrected chi connectivity index (χ1v) is 7.08. The molecule has 0 spiro atoms. The van der Waals surface area contributed by atoms with Crippen LogP contribution in [-0.2, 0) is 14.3 Å².